The van der Waals surface area contributed by atoms with Gasteiger partial charge in [-0.2, -0.15) is 18.2 Å². The molecule has 0 bridgehead atoms. The zero-order chi connectivity index (χ0) is 14.5. The molecule has 1 unspecified atom stereocenters. The number of nitrogens with zero attached hydrogens (tertiary/aromatic N) is 2. The second-order valence-electron chi connectivity index (χ2n) is 4.02. The molecule has 19 heavy (non-hydrogen) atoms. The maximum Gasteiger partial charge on any atom is 0.473 e. The summed E-state index contributed by atoms with van der Waals surface area (Å²) in [6, 6.07) is 0. The summed E-state index contributed by atoms with van der Waals surface area (Å²) < 4.78 is 36.6. The largest absolute Gasteiger partial charge is 0.473 e. The molecule has 0 aliphatic carbocycles. The van der Waals surface area contributed by atoms with Gasteiger partial charge >= 0.3 is 12.1 Å². The molecule has 1 atom stereocenters. The Morgan fingerprint density at radius 3 is 2.95 bits per heavy atom. The molecular formula is C13H13F3N2O. The molecule has 1 aliphatic rings. The number of rotatable bonds is 3. The van der Waals surface area contributed by atoms with E-state index in [0.29, 0.717) is 6.54 Å². The molecule has 1 aliphatic heterocycles. The van der Waals surface area contributed by atoms with Gasteiger partial charge in [-0.05, 0) is 18.1 Å². The van der Waals surface area contributed by atoms with Crippen molar-refractivity contribution in [3.63, 3.8) is 0 Å². The van der Waals surface area contributed by atoms with Crippen molar-refractivity contribution < 1.29 is 18.0 Å². The van der Waals surface area contributed by atoms with Gasteiger partial charge in [0, 0.05) is 6.54 Å². The first-order valence-electron chi connectivity index (χ1n) is 5.57. The van der Waals surface area contributed by atoms with Crippen molar-refractivity contribution >= 4 is 11.7 Å². The minimum absolute atomic E-state index is 0.0412. The molecule has 1 rings (SSSR count). The van der Waals surface area contributed by atoms with E-state index >= 15 is 0 Å². The minimum Gasteiger partial charge on any atom is -0.345 e. The minimum atomic E-state index is -4.97. The molecular weight excluding hydrogens is 257 g/mol. The zero-order valence-electron chi connectivity index (χ0n) is 10.4. The fraction of sp³-hybridized carbons (Fsp3) is 0.385. The first kappa shape index (κ1) is 15.0. The van der Waals surface area contributed by atoms with E-state index < -0.39 is 12.1 Å². The van der Waals surface area contributed by atoms with E-state index in [-0.39, 0.29) is 18.3 Å². The molecule has 0 N–H and O–H groups in total. The van der Waals surface area contributed by atoms with Gasteiger partial charge in [-0.3, -0.25) is 4.79 Å². The van der Waals surface area contributed by atoms with E-state index in [1.165, 1.54) is 17.1 Å². The molecule has 3 nitrogen and oxygen atoms in total. The van der Waals surface area contributed by atoms with E-state index in [0.717, 1.165) is 0 Å². The van der Waals surface area contributed by atoms with E-state index in [1.807, 2.05) is 6.92 Å². The van der Waals surface area contributed by atoms with Gasteiger partial charge < -0.3 is 4.90 Å². The smallest absolute Gasteiger partial charge is 0.345 e. The number of hydrogen-bond acceptors (Lipinski definition) is 1. The number of aliphatic imine (C=N–C) groups is 1. The summed E-state index contributed by atoms with van der Waals surface area (Å²) in [5, 5.41) is 0. The van der Waals surface area contributed by atoms with Crippen LogP contribution in [0.1, 0.15) is 6.92 Å². The maximum absolute atomic E-state index is 12.2. The van der Waals surface area contributed by atoms with Crippen molar-refractivity contribution in [3.05, 3.63) is 24.8 Å². The number of halogens is 3. The number of carbonyl (C=O) groups excluding carboxylic acids is 1. The van der Waals surface area contributed by atoms with Crippen LogP contribution in [-0.4, -0.2) is 35.9 Å². The molecule has 6 heteroatoms. The number of hydrogen-bond donors (Lipinski definition) is 0. The third-order valence-electron chi connectivity index (χ3n) is 2.38. The standard InChI is InChI=1S/C13H13F3N2O/c1-3-10(2)9-18-8-6-4-5-7-11(18)17-12(19)13(14,15)16/h3,5,7,10H,1,8-9H2,2H3/b17-11+. The Bertz CT molecular complexity index is 480. The molecule has 0 aromatic rings. The Labute approximate surface area is 109 Å². The predicted octanol–water partition coefficient (Wildman–Crippen LogP) is 2.17. The number of amidine groups is 1. The molecule has 102 valence electrons. The molecule has 0 aromatic heterocycles. The first-order chi connectivity index (χ1) is 8.84. The highest BCUT2D eigenvalue weighted by molar-refractivity contribution is 6.03. The summed E-state index contributed by atoms with van der Waals surface area (Å²) >= 11 is 0. The SMILES string of the molecule is C=CC(C)CN1CC#CC=C/C1=N\C(=O)C(F)(F)F. The average Bonchev–Trinajstić information content (AvgIpc) is 2.54. The molecule has 1 heterocycles. The van der Waals surface area contributed by atoms with Crippen LogP contribution in [-0.2, 0) is 4.79 Å². The molecule has 0 aromatic carbocycles. The number of allylic oxidation sites excluding steroid dienone is 1. The van der Waals surface area contributed by atoms with Gasteiger partial charge in [0.2, 0.25) is 0 Å². The van der Waals surface area contributed by atoms with Crippen molar-refractivity contribution in [2.45, 2.75) is 13.1 Å². The van der Waals surface area contributed by atoms with Crippen LogP contribution in [0, 0.1) is 17.8 Å². The van der Waals surface area contributed by atoms with Gasteiger partial charge in [-0.25, -0.2) is 0 Å². The third kappa shape index (κ3) is 4.62. The molecule has 0 saturated heterocycles. The fourth-order valence-corrected chi connectivity index (χ4v) is 1.36. The molecule has 0 spiro atoms. The van der Waals surface area contributed by atoms with Crippen LogP contribution in [0.15, 0.2) is 29.8 Å². The van der Waals surface area contributed by atoms with Gasteiger partial charge in [-0.1, -0.05) is 24.8 Å². The predicted molar refractivity (Wildman–Crippen MR) is 66.3 cm³/mol. The van der Waals surface area contributed by atoms with E-state index in [1.54, 1.807) is 6.08 Å². The van der Waals surface area contributed by atoms with Crippen molar-refractivity contribution in [3.8, 4) is 11.8 Å². The molecule has 0 fully saturated rings. The van der Waals surface area contributed by atoms with E-state index in [4.69, 9.17) is 0 Å². The van der Waals surface area contributed by atoms with Crippen LogP contribution in [0.5, 0.6) is 0 Å². The van der Waals surface area contributed by atoms with Gasteiger partial charge in [0.1, 0.15) is 5.84 Å². The lowest BCUT2D eigenvalue weighted by Gasteiger charge is -2.23. The van der Waals surface area contributed by atoms with Crippen molar-refractivity contribution in [1.82, 2.24) is 4.90 Å². The average molecular weight is 270 g/mol. The summed E-state index contributed by atoms with van der Waals surface area (Å²) in [4.78, 5) is 15.5. The Balaban J connectivity index is 2.97. The number of carbonyl (C=O) groups is 1. The van der Waals surface area contributed by atoms with E-state index in [2.05, 4.69) is 23.4 Å². The monoisotopic (exact) mass is 270 g/mol. The lowest BCUT2D eigenvalue weighted by atomic mass is 10.1. The van der Waals surface area contributed by atoms with Gasteiger partial charge in [-0.15, -0.1) is 6.58 Å². The third-order valence-corrected chi connectivity index (χ3v) is 2.38. The van der Waals surface area contributed by atoms with Gasteiger partial charge in [0.25, 0.3) is 0 Å². The van der Waals surface area contributed by atoms with Crippen LogP contribution in [0.4, 0.5) is 13.2 Å². The number of alkyl halides is 3. The summed E-state index contributed by atoms with van der Waals surface area (Å²) in [6.07, 6.45) is -0.616. The topological polar surface area (TPSA) is 32.7 Å². The maximum atomic E-state index is 12.2. The Kier molecular flexibility index (Phi) is 4.93. The van der Waals surface area contributed by atoms with Crippen LogP contribution in [0.3, 0.4) is 0 Å². The highest BCUT2D eigenvalue weighted by Gasteiger charge is 2.39. The highest BCUT2D eigenvalue weighted by Crippen LogP contribution is 2.17. The van der Waals surface area contributed by atoms with Crippen LogP contribution < -0.4 is 0 Å². The molecule has 0 radical (unpaired) electrons. The quantitative estimate of drug-likeness (QED) is 0.581. The summed E-state index contributed by atoms with van der Waals surface area (Å²) in [5.74, 6) is 3.26. The molecule has 0 saturated carbocycles. The second kappa shape index (κ2) is 6.23. The lowest BCUT2D eigenvalue weighted by Crippen LogP contribution is -2.35. The van der Waals surface area contributed by atoms with Crippen LogP contribution in [0.25, 0.3) is 0 Å². The Morgan fingerprint density at radius 2 is 2.37 bits per heavy atom. The van der Waals surface area contributed by atoms with Crippen molar-refractivity contribution in [1.29, 1.82) is 0 Å². The summed E-state index contributed by atoms with van der Waals surface area (Å²) in [6.45, 7) is 6.08. The molecule has 1 amide bonds. The normalized spacial score (nSPS) is 18.5. The van der Waals surface area contributed by atoms with Crippen LogP contribution in [0.2, 0.25) is 0 Å². The van der Waals surface area contributed by atoms with Gasteiger partial charge in [0.05, 0.1) is 6.54 Å². The van der Waals surface area contributed by atoms with Crippen molar-refractivity contribution in [2.24, 2.45) is 10.9 Å². The lowest BCUT2D eigenvalue weighted by molar-refractivity contribution is -0.169. The van der Waals surface area contributed by atoms with Crippen LogP contribution >= 0.6 is 0 Å². The van der Waals surface area contributed by atoms with Crippen molar-refractivity contribution in [2.75, 3.05) is 13.1 Å². The summed E-state index contributed by atoms with van der Waals surface area (Å²) in [7, 11) is 0. The second-order valence-corrected chi connectivity index (χ2v) is 4.02. The first-order valence-corrected chi connectivity index (χ1v) is 5.57. The van der Waals surface area contributed by atoms with Gasteiger partial charge in [0.15, 0.2) is 0 Å². The zero-order valence-corrected chi connectivity index (χ0v) is 10.4. The Hall–Kier alpha value is -2.03. The Morgan fingerprint density at radius 1 is 1.68 bits per heavy atom. The number of amides is 1. The fourth-order valence-electron chi connectivity index (χ4n) is 1.36. The highest BCUT2D eigenvalue weighted by atomic mass is 19.4. The van der Waals surface area contributed by atoms with E-state index in [9.17, 15) is 18.0 Å². The summed E-state index contributed by atoms with van der Waals surface area (Å²) in [5.41, 5.74) is 0.